The summed E-state index contributed by atoms with van der Waals surface area (Å²) in [6.45, 7) is 0. The summed E-state index contributed by atoms with van der Waals surface area (Å²) >= 11 is 4.84. The lowest BCUT2D eigenvalue weighted by Crippen LogP contribution is -1.91. The Balaban J connectivity index is 2.50. The maximum atomic E-state index is 5.66. The van der Waals surface area contributed by atoms with Gasteiger partial charge in [0.2, 0.25) is 0 Å². The average molecular weight is 315 g/mol. The van der Waals surface area contributed by atoms with Crippen LogP contribution in [0.5, 0.6) is 11.5 Å². The van der Waals surface area contributed by atoms with E-state index >= 15 is 0 Å². The number of nitrogen functional groups attached to an aromatic ring is 1. The molecule has 0 aliphatic heterocycles. The van der Waals surface area contributed by atoms with E-state index in [9.17, 15) is 0 Å². The molecule has 1 aromatic carbocycles. The van der Waals surface area contributed by atoms with Crippen LogP contribution >= 0.6 is 27.3 Å². The number of hydrogen-bond acceptors (Lipinski definition) is 5. The standard InChI is InChI=1S/C11H11BrN2O2S/c1-15-7-4-3-6(5-8(7)16-2)9-10(12)17-11(13)14-9/h3-5H,1-2H3,(H2,13,14). The van der Waals surface area contributed by atoms with E-state index in [-0.39, 0.29) is 0 Å². The first-order valence-electron chi connectivity index (χ1n) is 4.80. The largest absolute Gasteiger partial charge is 0.493 e. The lowest BCUT2D eigenvalue weighted by molar-refractivity contribution is 0.355. The van der Waals surface area contributed by atoms with Crippen molar-refractivity contribution >= 4 is 32.4 Å². The van der Waals surface area contributed by atoms with Gasteiger partial charge in [0, 0.05) is 5.56 Å². The summed E-state index contributed by atoms with van der Waals surface area (Å²) in [4.78, 5) is 4.26. The minimum atomic E-state index is 0.529. The van der Waals surface area contributed by atoms with E-state index in [1.54, 1.807) is 14.2 Å². The smallest absolute Gasteiger partial charge is 0.181 e. The van der Waals surface area contributed by atoms with Gasteiger partial charge in [-0.25, -0.2) is 4.98 Å². The molecule has 2 N–H and O–H groups in total. The van der Waals surface area contributed by atoms with Crippen molar-refractivity contribution in [3.8, 4) is 22.8 Å². The topological polar surface area (TPSA) is 57.4 Å². The Bertz CT molecular complexity index is 542. The van der Waals surface area contributed by atoms with E-state index in [4.69, 9.17) is 15.2 Å². The van der Waals surface area contributed by atoms with Crippen LogP contribution in [0, 0.1) is 0 Å². The molecule has 0 bridgehead atoms. The number of thiazole rings is 1. The first-order valence-corrected chi connectivity index (χ1v) is 6.41. The Morgan fingerprint density at radius 1 is 1.24 bits per heavy atom. The van der Waals surface area contributed by atoms with Crippen molar-refractivity contribution in [2.75, 3.05) is 20.0 Å². The molecule has 0 unspecified atom stereocenters. The summed E-state index contributed by atoms with van der Waals surface area (Å²) in [7, 11) is 3.21. The number of aromatic nitrogens is 1. The number of anilines is 1. The Kier molecular flexibility index (Phi) is 3.54. The molecular weight excluding hydrogens is 304 g/mol. The van der Waals surface area contributed by atoms with Gasteiger partial charge in [-0.2, -0.15) is 0 Å². The molecule has 17 heavy (non-hydrogen) atoms. The van der Waals surface area contributed by atoms with E-state index in [0.29, 0.717) is 16.6 Å². The highest BCUT2D eigenvalue weighted by Gasteiger charge is 2.12. The van der Waals surface area contributed by atoms with Gasteiger partial charge in [-0.15, -0.1) is 0 Å². The van der Waals surface area contributed by atoms with Crippen molar-refractivity contribution in [3.05, 3.63) is 22.0 Å². The van der Waals surface area contributed by atoms with Crippen LogP contribution in [0.15, 0.2) is 22.0 Å². The van der Waals surface area contributed by atoms with Crippen LogP contribution in [0.2, 0.25) is 0 Å². The van der Waals surface area contributed by atoms with Crippen molar-refractivity contribution in [2.45, 2.75) is 0 Å². The van der Waals surface area contributed by atoms with Crippen LogP contribution < -0.4 is 15.2 Å². The zero-order chi connectivity index (χ0) is 12.4. The second-order valence-electron chi connectivity index (χ2n) is 3.24. The average Bonchev–Trinajstić information content (AvgIpc) is 2.67. The number of benzene rings is 1. The molecule has 90 valence electrons. The third-order valence-corrected chi connectivity index (χ3v) is 3.79. The highest BCUT2D eigenvalue weighted by Crippen LogP contribution is 2.38. The highest BCUT2D eigenvalue weighted by molar-refractivity contribution is 9.11. The molecule has 0 atom stereocenters. The second kappa shape index (κ2) is 4.93. The third kappa shape index (κ3) is 2.37. The number of hydrogen-bond donors (Lipinski definition) is 1. The molecule has 0 amide bonds. The molecule has 0 radical (unpaired) electrons. The highest BCUT2D eigenvalue weighted by atomic mass is 79.9. The van der Waals surface area contributed by atoms with Crippen LogP contribution in [-0.2, 0) is 0 Å². The number of nitrogens with zero attached hydrogens (tertiary/aromatic N) is 1. The normalized spacial score (nSPS) is 10.3. The molecule has 0 aliphatic carbocycles. The van der Waals surface area contributed by atoms with Crippen LogP contribution in [0.25, 0.3) is 11.3 Å². The molecule has 0 saturated carbocycles. The summed E-state index contributed by atoms with van der Waals surface area (Å²) < 4.78 is 11.3. The van der Waals surface area contributed by atoms with E-state index in [1.165, 1.54) is 11.3 Å². The van der Waals surface area contributed by atoms with Gasteiger partial charge in [0.1, 0.15) is 0 Å². The maximum absolute atomic E-state index is 5.66. The fourth-order valence-electron chi connectivity index (χ4n) is 1.48. The minimum Gasteiger partial charge on any atom is -0.493 e. The Hall–Kier alpha value is -1.27. The number of methoxy groups -OCH3 is 2. The third-order valence-electron chi connectivity index (χ3n) is 2.26. The van der Waals surface area contributed by atoms with Crippen molar-refractivity contribution < 1.29 is 9.47 Å². The first kappa shape index (κ1) is 12.2. The first-order chi connectivity index (χ1) is 8.15. The van der Waals surface area contributed by atoms with Gasteiger partial charge in [0.05, 0.1) is 23.7 Å². The number of halogens is 1. The molecule has 0 aliphatic rings. The molecule has 0 saturated heterocycles. The van der Waals surface area contributed by atoms with Gasteiger partial charge in [0.15, 0.2) is 16.6 Å². The van der Waals surface area contributed by atoms with E-state index in [2.05, 4.69) is 20.9 Å². The minimum absolute atomic E-state index is 0.529. The monoisotopic (exact) mass is 314 g/mol. The molecule has 0 fully saturated rings. The number of ether oxygens (including phenoxy) is 2. The quantitative estimate of drug-likeness (QED) is 0.945. The summed E-state index contributed by atoms with van der Waals surface area (Å²) in [5, 5.41) is 0.529. The Morgan fingerprint density at radius 3 is 2.47 bits per heavy atom. The van der Waals surface area contributed by atoms with Crippen molar-refractivity contribution in [2.24, 2.45) is 0 Å². The SMILES string of the molecule is COc1ccc(-c2nc(N)sc2Br)cc1OC. The fourth-order valence-corrected chi connectivity index (χ4v) is 2.87. The summed E-state index contributed by atoms with van der Waals surface area (Å²) in [5.74, 6) is 1.36. The maximum Gasteiger partial charge on any atom is 0.181 e. The molecule has 2 rings (SSSR count). The summed E-state index contributed by atoms with van der Waals surface area (Å²) in [6.07, 6.45) is 0. The Morgan fingerprint density at radius 2 is 1.94 bits per heavy atom. The number of rotatable bonds is 3. The predicted octanol–water partition coefficient (Wildman–Crippen LogP) is 3.17. The molecule has 1 heterocycles. The summed E-state index contributed by atoms with van der Waals surface area (Å²) in [5.41, 5.74) is 7.41. The van der Waals surface area contributed by atoms with Crippen LogP contribution in [0.1, 0.15) is 0 Å². The second-order valence-corrected chi connectivity index (χ2v) is 5.59. The molecule has 2 aromatic rings. The lowest BCUT2D eigenvalue weighted by atomic mass is 10.1. The molecule has 0 spiro atoms. The van der Waals surface area contributed by atoms with Crippen LogP contribution in [0.3, 0.4) is 0 Å². The van der Waals surface area contributed by atoms with E-state index in [1.807, 2.05) is 18.2 Å². The van der Waals surface area contributed by atoms with Crippen LogP contribution in [-0.4, -0.2) is 19.2 Å². The number of nitrogens with two attached hydrogens (primary N) is 1. The van der Waals surface area contributed by atoms with Gasteiger partial charge in [0.25, 0.3) is 0 Å². The zero-order valence-corrected chi connectivity index (χ0v) is 11.8. The molecule has 4 nitrogen and oxygen atoms in total. The van der Waals surface area contributed by atoms with Gasteiger partial charge < -0.3 is 15.2 Å². The van der Waals surface area contributed by atoms with Gasteiger partial charge in [-0.3, -0.25) is 0 Å². The van der Waals surface area contributed by atoms with Gasteiger partial charge in [-0.05, 0) is 34.1 Å². The van der Waals surface area contributed by atoms with Crippen molar-refractivity contribution in [1.82, 2.24) is 4.98 Å². The van der Waals surface area contributed by atoms with Crippen LogP contribution in [0.4, 0.5) is 5.13 Å². The predicted molar refractivity (Wildman–Crippen MR) is 72.8 cm³/mol. The lowest BCUT2D eigenvalue weighted by Gasteiger charge is -2.08. The fraction of sp³-hybridized carbons (Fsp3) is 0.182. The van der Waals surface area contributed by atoms with Crippen molar-refractivity contribution in [1.29, 1.82) is 0 Å². The molecule has 6 heteroatoms. The van der Waals surface area contributed by atoms with E-state index in [0.717, 1.165) is 15.0 Å². The van der Waals surface area contributed by atoms with Crippen molar-refractivity contribution in [3.63, 3.8) is 0 Å². The van der Waals surface area contributed by atoms with Gasteiger partial charge in [-0.1, -0.05) is 11.3 Å². The van der Waals surface area contributed by atoms with Gasteiger partial charge >= 0.3 is 0 Å². The molecule has 1 aromatic heterocycles. The van der Waals surface area contributed by atoms with E-state index < -0.39 is 0 Å². The molecular formula is C11H11BrN2O2S. The Labute approximate surface area is 112 Å². The summed E-state index contributed by atoms with van der Waals surface area (Å²) in [6, 6.07) is 5.63. The zero-order valence-electron chi connectivity index (χ0n) is 9.36.